The number of nitrogens with one attached hydrogen (secondary N) is 2. The van der Waals surface area contributed by atoms with E-state index in [0.717, 1.165) is 68.5 Å². The molecule has 3 saturated heterocycles. The lowest BCUT2D eigenvalue weighted by atomic mass is 9.88. The van der Waals surface area contributed by atoms with Gasteiger partial charge in [0.05, 0.1) is 18.5 Å². The average molecular weight is 610 g/mol. The number of piperazine rings is 1. The second-order valence-corrected chi connectivity index (χ2v) is 13.2. The Balaban J connectivity index is 1.30. The predicted octanol–water partition coefficient (Wildman–Crippen LogP) is 4.22. The molecule has 2 N–H and O–H groups in total. The number of hydrogen-bond acceptors (Lipinski definition) is 6. The number of anilines is 1. The van der Waals surface area contributed by atoms with E-state index in [1.807, 2.05) is 12.1 Å². The van der Waals surface area contributed by atoms with Gasteiger partial charge in [-0.15, -0.1) is 0 Å². The topological polar surface area (TPSA) is 77.2 Å². The quantitative estimate of drug-likeness (QED) is 0.443. The van der Waals surface area contributed by atoms with Crippen LogP contribution in [-0.4, -0.2) is 93.7 Å². The lowest BCUT2D eigenvalue weighted by Crippen LogP contribution is -2.51. The van der Waals surface area contributed by atoms with Gasteiger partial charge in [0.2, 0.25) is 11.8 Å². The number of carbonyl (C=O) groups excluding carboxylic acids is 2. The molecule has 3 aliphatic heterocycles. The summed E-state index contributed by atoms with van der Waals surface area (Å²) in [5.41, 5.74) is 4.65. The van der Waals surface area contributed by atoms with E-state index >= 15 is 0 Å². The van der Waals surface area contributed by atoms with E-state index in [0.29, 0.717) is 19.1 Å². The Kier molecular flexibility index (Phi) is 10.7. The Morgan fingerprint density at radius 3 is 2.35 bits per heavy atom. The summed E-state index contributed by atoms with van der Waals surface area (Å²) in [5, 5.41) is 6.92. The van der Waals surface area contributed by atoms with Crippen molar-refractivity contribution in [1.82, 2.24) is 20.4 Å². The Morgan fingerprint density at radius 2 is 1.70 bits per heavy atom. The summed E-state index contributed by atoms with van der Waals surface area (Å²) in [5.74, 6) is 0.569. The molecule has 3 atom stereocenters. The average Bonchev–Trinajstić information content (AvgIpc) is 3.46. The zero-order valence-corrected chi connectivity index (χ0v) is 26.9. The maximum Gasteiger partial charge on any atom is 0.234 e. The minimum Gasteiger partial charge on any atom is -0.381 e. The van der Waals surface area contributed by atoms with E-state index in [-0.39, 0.29) is 42.2 Å². The molecule has 0 aromatic heterocycles. The Labute approximate surface area is 262 Å². The standard InChI is InChI=1S/C34H48ClN5O3/c1-23(2)33(37-32(41)20-36-4)28-19-24(3)5-10-31(28)38-13-15-39(16-14-38)34(42)30-22-40(27-11-17-43-18-12-27)21-29(30)25-6-8-26(35)9-7-25/h5-10,19,23,27,29-30,33,36H,11-18,20-22H2,1-4H3,(H,37,41)/t29-,30+,33-/m0/s1. The van der Waals surface area contributed by atoms with Crippen molar-refractivity contribution in [3.8, 4) is 0 Å². The van der Waals surface area contributed by atoms with Crippen LogP contribution >= 0.6 is 11.6 Å². The summed E-state index contributed by atoms with van der Waals surface area (Å²) in [4.78, 5) is 33.8. The molecule has 9 heteroatoms. The minimum absolute atomic E-state index is 0.00864. The third kappa shape index (κ3) is 7.54. The molecule has 3 aliphatic rings. The summed E-state index contributed by atoms with van der Waals surface area (Å²) < 4.78 is 5.63. The molecular weight excluding hydrogens is 562 g/mol. The van der Waals surface area contributed by atoms with Gasteiger partial charge in [0.1, 0.15) is 0 Å². The van der Waals surface area contributed by atoms with Gasteiger partial charge in [0.15, 0.2) is 0 Å². The van der Waals surface area contributed by atoms with Gasteiger partial charge in [-0.25, -0.2) is 0 Å². The van der Waals surface area contributed by atoms with Crippen molar-refractivity contribution in [2.75, 3.05) is 71.0 Å². The zero-order chi connectivity index (χ0) is 30.5. The van der Waals surface area contributed by atoms with E-state index in [1.54, 1.807) is 7.05 Å². The van der Waals surface area contributed by atoms with E-state index in [4.69, 9.17) is 16.3 Å². The van der Waals surface area contributed by atoms with Crippen LogP contribution in [0.1, 0.15) is 55.3 Å². The van der Waals surface area contributed by atoms with Crippen LogP contribution in [0.2, 0.25) is 5.02 Å². The zero-order valence-electron chi connectivity index (χ0n) is 26.2. The summed E-state index contributed by atoms with van der Waals surface area (Å²) in [6, 6.07) is 15.0. The van der Waals surface area contributed by atoms with Crippen LogP contribution in [0.5, 0.6) is 0 Å². The van der Waals surface area contributed by atoms with Crippen LogP contribution in [0.4, 0.5) is 5.69 Å². The maximum absolute atomic E-state index is 14.2. The smallest absolute Gasteiger partial charge is 0.234 e. The Morgan fingerprint density at radius 1 is 1.00 bits per heavy atom. The SMILES string of the molecule is CNCC(=O)N[C@H](c1cc(C)ccc1N1CCN(C(=O)[C@@H]2CN(C3CCOCC3)C[C@H]2c2ccc(Cl)cc2)CC1)C(C)C. The molecule has 5 rings (SSSR count). The normalized spacial score (nSPS) is 22.7. The lowest BCUT2D eigenvalue weighted by Gasteiger charge is -2.39. The van der Waals surface area contributed by atoms with Crippen molar-refractivity contribution >= 4 is 29.1 Å². The third-order valence-electron chi connectivity index (χ3n) is 9.44. The fraction of sp³-hybridized carbons (Fsp3) is 0.588. The van der Waals surface area contributed by atoms with Gasteiger partial charge in [0, 0.05) is 75.2 Å². The molecule has 0 radical (unpaired) electrons. The number of amides is 2. The summed E-state index contributed by atoms with van der Waals surface area (Å²) >= 11 is 6.22. The predicted molar refractivity (Wildman–Crippen MR) is 173 cm³/mol. The van der Waals surface area contributed by atoms with Gasteiger partial charge in [0.25, 0.3) is 0 Å². The Bertz CT molecular complexity index is 1240. The molecule has 2 amide bonds. The highest BCUT2D eigenvalue weighted by molar-refractivity contribution is 6.30. The maximum atomic E-state index is 14.2. The number of likely N-dealkylation sites (tertiary alicyclic amines) is 1. The van der Waals surface area contributed by atoms with Gasteiger partial charge >= 0.3 is 0 Å². The Hall–Kier alpha value is -2.65. The summed E-state index contributed by atoms with van der Waals surface area (Å²) in [6.45, 7) is 12.9. The van der Waals surface area contributed by atoms with Gasteiger partial charge in [-0.3, -0.25) is 14.5 Å². The van der Waals surface area contributed by atoms with E-state index in [9.17, 15) is 9.59 Å². The first-order valence-corrected chi connectivity index (χ1v) is 16.3. The van der Waals surface area contributed by atoms with Crippen LogP contribution in [0.3, 0.4) is 0 Å². The van der Waals surface area contributed by atoms with Crippen LogP contribution in [0.15, 0.2) is 42.5 Å². The molecule has 2 aromatic carbocycles. The molecule has 0 unspecified atom stereocenters. The van der Waals surface area contributed by atoms with Crippen molar-refractivity contribution < 1.29 is 14.3 Å². The minimum atomic E-state index is -0.0924. The van der Waals surface area contributed by atoms with Crippen molar-refractivity contribution in [3.05, 3.63) is 64.2 Å². The van der Waals surface area contributed by atoms with Gasteiger partial charge in [-0.1, -0.05) is 55.3 Å². The van der Waals surface area contributed by atoms with Crippen LogP contribution in [0.25, 0.3) is 0 Å². The first-order chi connectivity index (χ1) is 20.7. The molecule has 234 valence electrons. The highest BCUT2D eigenvalue weighted by Crippen LogP contribution is 2.38. The second kappa shape index (κ2) is 14.4. The van der Waals surface area contributed by atoms with Crippen molar-refractivity contribution in [3.63, 3.8) is 0 Å². The van der Waals surface area contributed by atoms with Crippen LogP contribution < -0.4 is 15.5 Å². The molecule has 0 saturated carbocycles. The molecular formula is C34H48ClN5O3. The second-order valence-electron chi connectivity index (χ2n) is 12.8. The van der Waals surface area contributed by atoms with Gasteiger partial charge in [-0.05, 0) is 62.1 Å². The van der Waals surface area contributed by atoms with Crippen LogP contribution in [-0.2, 0) is 14.3 Å². The largest absolute Gasteiger partial charge is 0.381 e. The number of benzene rings is 2. The fourth-order valence-electron chi connectivity index (χ4n) is 7.08. The first-order valence-electron chi connectivity index (χ1n) is 15.9. The van der Waals surface area contributed by atoms with Gasteiger partial charge in [-0.2, -0.15) is 0 Å². The highest BCUT2D eigenvalue weighted by Gasteiger charge is 2.43. The molecule has 0 aliphatic carbocycles. The highest BCUT2D eigenvalue weighted by atomic mass is 35.5. The molecule has 3 heterocycles. The number of aryl methyl sites for hydroxylation is 1. The number of rotatable bonds is 9. The summed E-state index contributed by atoms with van der Waals surface area (Å²) in [6.07, 6.45) is 2.05. The van der Waals surface area contributed by atoms with Crippen molar-refractivity contribution in [1.29, 1.82) is 0 Å². The number of nitrogens with zero attached hydrogens (tertiary/aromatic N) is 3. The molecule has 0 bridgehead atoms. The third-order valence-corrected chi connectivity index (χ3v) is 9.69. The lowest BCUT2D eigenvalue weighted by molar-refractivity contribution is -0.136. The molecule has 0 spiro atoms. The fourth-order valence-corrected chi connectivity index (χ4v) is 7.21. The monoisotopic (exact) mass is 609 g/mol. The van der Waals surface area contributed by atoms with E-state index in [2.05, 4.69) is 76.4 Å². The number of likely N-dealkylation sites (N-methyl/N-ethyl adjacent to an activating group) is 1. The van der Waals surface area contributed by atoms with E-state index in [1.165, 1.54) is 11.1 Å². The molecule has 8 nitrogen and oxygen atoms in total. The number of hydrogen-bond donors (Lipinski definition) is 2. The molecule has 2 aromatic rings. The van der Waals surface area contributed by atoms with Crippen molar-refractivity contribution in [2.45, 2.75) is 51.6 Å². The number of halogens is 1. The first kappa shape index (κ1) is 31.8. The molecule has 43 heavy (non-hydrogen) atoms. The number of carbonyl (C=O) groups is 2. The summed E-state index contributed by atoms with van der Waals surface area (Å²) in [7, 11) is 1.79. The van der Waals surface area contributed by atoms with E-state index < -0.39 is 0 Å². The number of ether oxygens (including phenoxy) is 1. The van der Waals surface area contributed by atoms with Crippen molar-refractivity contribution in [2.24, 2.45) is 11.8 Å². The van der Waals surface area contributed by atoms with Crippen LogP contribution in [0, 0.1) is 18.8 Å². The van der Waals surface area contributed by atoms with Gasteiger partial charge < -0.3 is 25.2 Å². The molecule has 3 fully saturated rings.